The van der Waals surface area contributed by atoms with Gasteiger partial charge < -0.3 is 14.7 Å². The van der Waals surface area contributed by atoms with Crippen molar-refractivity contribution in [3.8, 4) is 5.69 Å². The molecule has 0 aliphatic rings. The average molecular weight is 334 g/mol. The quantitative estimate of drug-likeness (QED) is 0.771. The number of nitrogens with zero attached hydrogens (tertiary/aromatic N) is 1. The highest BCUT2D eigenvalue weighted by molar-refractivity contribution is 9.10. The fourth-order valence-electron chi connectivity index (χ4n) is 1.90. The van der Waals surface area contributed by atoms with E-state index in [1.165, 1.54) is 0 Å². The van der Waals surface area contributed by atoms with Gasteiger partial charge in [0.15, 0.2) is 0 Å². The minimum Gasteiger partial charge on any atom is -0.466 e. The van der Waals surface area contributed by atoms with Crippen molar-refractivity contribution in [2.75, 3.05) is 5.32 Å². The Balaban J connectivity index is 1.72. The second-order valence-electron chi connectivity index (χ2n) is 4.23. The standard InChI is InChI=1S/C14H12BrN3O2/c15-12-5-8-20-13(12)9-17-10-1-3-11(4-2-10)18-7-6-16-14(18)19/h1-8,17H,9H2,(H,16,19). The van der Waals surface area contributed by atoms with E-state index < -0.39 is 0 Å². The second kappa shape index (κ2) is 5.42. The van der Waals surface area contributed by atoms with Crippen molar-refractivity contribution in [1.29, 1.82) is 0 Å². The minimum atomic E-state index is -0.148. The second-order valence-corrected chi connectivity index (χ2v) is 5.08. The van der Waals surface area contributed by atoms with E-state index in [0.29, 0.717) is 6.54 Å². The van der Waals surface area contributed by atoms with Gasteiger partial charge >= 0.3 is 5.69 Å². The lowest BCUT2D eigenvalue weighted by atomic mass is 10.2. The molecule has 0 unspecified atom stereocenters. The Hall–Kier alpha value is -2.21. The number of halogens is 1. The van der Waals surface area contributed by atoms with Gasteiger partial charge in [-0.1, -0.05) is 0 Å². The van der Waals surface area contributed by atoms with Crippen LogP contribution in [0.15, 0.2) is 62.7 Å². The summed E-state index contributed by atoms with van der Waals surface area (Å²) < 4.78 is 7.82. The zero-order valence-corrected chi connectivity index (χ0v) is 12.1. The molecule has 102 valence electrons. The number of furan rings is 1. The van der Waals surface area contributed by atoms with Crippen LogP contribution in [0.4, 0.5) is 5.69 Å². The molecule has 2 aromatic heterocycles. The number of H-pyrrole nitrogens is 1. The smallest absolute Gasteiger partial charge is 0.330 e. The molecule has 5 nitrogen and oxygen atoms in total. The van der Waals surface area contributed by atoms with Crippen LogP contribution in [0.25, 0.3) is 5.69 Å². The highest BCUT2D eigenvalue weighted by Crippen LogP contribution is 2.19. The average Bonchev–Trinajstić information content (AvgIpc) is 3.06. The summed E-state index contributed by atoms with van der Waals surface area (Å²) in [6.07, 6.45) is 4.95. The largest absolute Gasteiger partial charge is 0.466 e. The first kappa shape index (κ1) is 12.8. The Morgan fingerprint density at radius 1 is 1.25 bits per heavy atom. The Bertz CT molecular complexity index is 755. The van der Waals surface area contributed by atoms with Crippen LogP contribution >= 0.6 is 15.9 Å². The molecule has 0 spiro atoms. The summed E-state index contributed by atoms with van der Waals surface area (Å²) in [5.41, 5.74) is 1.63. The fraction of sp³-hybridized carbons (Fsp3) is 0.0714. The molecular weight excluding hydrogens is 322 g/mol. The topological polar surface area (TPSA) is 63.0 Å². The maximum Gasteiger partial charge on any atom is 0.330 e. The van der Waals surface area contributed by atoms with Crippen LogP contribution in [-0.2, 0) is 6.54 Å². The van der Waals surface area contributed by atoms with Crippen LogP contribution < -0.4 is 11.0 Å². The molecule has 0 amide bonds. The van der Waals surface area contributed by atoms with Crippen LogP contribution in [0.5, 0.6) is 0 Å². The number of aromatic amines is 1. The molecule has 1 aromatic carbocycles. The molecule has 6 heteroatoms. The summed E-state index contributed by atoms with van der Waals surface area (Å²) in [5.74, 6) is 0.843. The molecule has 0 aliphatic carbocycles. The summed E-state index contributed by atoms with van der Waals surface area (Å²) in [5, 5.41) is 3.26. The number of imidazole rings is 1. The van der Waals surface area contributed by atoms with Crippen molar-refractivity contribution in [1.82, 2.24) is 9.55 Å². The third kappa shape index (κ3) is 2.55. The zero-order chi connectivity index (χ0) is 13.9. The highest BCUT2D eigenvalue weighted by Gasteiger charge is 2.03. The van der Waals surface area contributed by atoms with Crippen molar-refractivity contribution in [2.24, 2.45) is 0 Å². The normalized spacial score (nSPS) is 10.7. The van der Waals surface area contributed by atoms with Crippen LogP contribution in [0.1, 0.15) is 5.76 Å². The van der Waals surface area contributed by atoms with E-state index in [1.807, 2.05) is 30.3 Å². The predicted octanol–water partition coefficient (Wildman–Crippen LogP) is 3.13. The van der Waals surface area contributed by atoms with Crippen molar-refractivity contribution in [3.05, 3.63) is 69.7 Å². The summed E-state index contributed by atoms with van der Waals surface area (Å²) in [7, 11) is 0. The number of benzene rings is 1. The molecule has 0 atom stereocenters. The van der Waals surface area contributed by atoms with Crippen LogP contribution in [0, 0.1) is 0 Å². The van der Waals surface area contributed by atoms with Gasteiger partial charge in [-0.3, -0.25) is 4.57 Å². The van der Waals surface area contributed by atoms with Crippen molar-refractivity contribution in [2.45, 2.75) is 6.54 Å². The Morgan fingerprint density at radius 2 is 2.05 bits per heavy atom. The zero-order valence-electron chi connectivity index (χ0n) is 10.5. The predicted molar refractivity (Wildman–Crippen MR) is 80.1 cm³/mol. The molecule has 0 fully saturated rings. The van der Waals surface area contributed by atoms with Gasteiger partial charge in [-0.05, 0) is 46.3 Å². The third-order valence-electron chi connectivity index (χ3n) is 2.94. The first-order chi connectivity index (χ1) is 9.74. The van der Waals surface area contributed by atoms with Gasteiger partial charge in [0.1, 0.15) is 5.76 Å². The summed E-state index contributed by atoms with van der Waals surface area (Å²) in [4.78, 5) is 14.1. The van der Waals surface area contributed by atoms with Gasteiger partial charge in [0.05, 0.1) is 23.0 Å². The molecule has 0 radical (unpaired) electrons. The minimum absolute atomic E-state index is 0.148. The van der Waals surface area contributed by atoms with E-state index in [9.17, 15) is 4.79 Å². The maximum atomic E-state index is 11.5. The lowest BCUT2D eigenvalue weighted by molar-refractivity contribution is 0.516. The van der Waals surface area contributed by atoms with E-state index in [-0.39, 0.29) is 5.69 Å². The van der Waals surface area contributed by atoms with Gasteiger partial charge in [-0.15, -0.1) is 0 Å². The molecule has 2 N–H and O–H groups in total. The summed E-state index contributed by atoms with van der Waals surface area (Å²) in [6, 6.07) is 9.47. The van der Waals surface area contributed by atoms with Crippen molar-refractivity contribution in [3.63, 3.8) is 0 Å². The van der Waals surface area contributed by atoms with E-state index in [0.717, 1.165) is 21.6 Å². The SMILES string of the molecule is O=c1[nH]ccn1-c1ccc(NCc2occc2Br)cc1. The number of nitrogens with one attached hydrogen (secondary N) is 2. The van der Waals surface area contributed by atoms with Crippen LogP contribution in [-0.4, -0.2) is 9.55 Å². The molecular formula is C14H12BrN3O2. The van der Waals surface area contributed by atoms with Crippen LogP contribution in [0.3, 0.4) is 0 Å². The number of rotatable bonds is 4. The van der Waals surface area contributed by atoms with E-state index in [1.54, 1.807) is 23.2 Å². The van der Waals surface area contributed by atoms with E-state index >= 15 is 0 Å². The molecule has 0 bridgehead atoms. The van der Waals surface area contributed by atoms with Gasteiger partial charge in [-0.2, -0.15) is 0 Å². The summed E-state index contributed by atoms with van der Waals surface area (Å²) in [6.45, 7) is 0.594. The Morgan fingerprint density at radius 3 is 2.65 bits per heavy atom. The number of hydrogen-bond acceptors (Lipinski definition) is 3. The first-order valence-corrected chi connectivity index (χ1v) is 6.85. The molecule has 0 saturated carbocycles. The fourth-order valence-corrected chi connectivity index (χ4v) is 2.24. The molecule has 3 aromatic rings. The third-order valence-corrected chi connectivity index (χ3v) is 3.65. The van der Waals surface area contributed by atoms with E-state index in [2.05, 4.69) is 26.2 Å². The highest BCUT2D eigenvalue weighted by atomic mass is 79.9. The Labute approximate surface area is 123 Å². The molecule has 3 rings (SSSR count). The van der Waals surface area contributed by atoms with Crippen LogP contribution in [0.2, 0.25) is 0 Å². The van der Waals surface area contributed by atoms with Gasteiger partial charge in [0, 0.05) is 18.1 Å². The lowest BCUT2D eigenvalue weighted by Gasteiger charge is -2.06. The number of hydrogen-bond donors (Lipinski definition) is 2. The van der Waals surface area contributed by atoms with Gasteiger partial charge in [-0.25, -0.2) is 4.79 Å². The molecule has 2 heterocycles. The molecule has 0 aliphatic heterocycles. The van der Waals surface area contributed by atoms with Gasteiger partial charge in [0.2, 0.25) is 0 Å². The maximum absolute atomic E-state index is 11.5. The summed E-state index contributed by atoms with van der Waals surface area (Å²) >= 11 is 3.41. The Kier molecular flexibility index (Phi) is 3.47. The number of aromatic nitrogens is 2. The first-order valence-electron chi connectivity index (χ1n) is 6.06. The monoisotopic (exact) mass is 333 g/mol. The van der Waals surface area contributed by atoms with Crippen molar-refractivity contribution < 1.29 is 4.42 Å². The lowest BCUT2D eigenvalue weighted by Crippen LogP contribution is -2.13. The number of anilines is 1. The molecule has 0 saturated heterocycles. The molecule has 20 heavy (non-hydrogen) atoms. The van der Waals surface area contributed by atoms with Crippen molar-refractivity contribution >= 4 is 21.6 Å². The van der Waals surface area contributed by atoms with Gasteiger partial charge in [0.25, 0.3) is 0 Å². The van der Waals surface area contributed by atoms with E-state index in [4.69, 9.17) is 4.42 Å².